The molecule has 2 rings (SSSR count). The molecule has 0 spiro atoms. The van der Waals surface area contributed by atoms with Gasteiger partial charge in [-0.05, 0) is 58.3 Å². The Labute approximate surface area is 140 Å². The molecule has 2 aliphatic rings. The number of hydrogen-bond acceptors (Lipinski definition) is 3. The van der Waals surface area contributed by atoms with Crippen molar-refractivity contribution in [3.63, 3.8) is 0 Å². The van der Waals surface area contributed by atoms with E-state index in [1.807, 2.05) is 13.0 Å². The van der Waals surface area contributed by atoms with Crippen LogP contribution in [0.1, 0.15) is 66.2 Å². The number of esters is 1. The summed E-state index contributed by atoms with van der Waals surface area (Å²) in [5.41, 5.74) is 2.58. The van der Waals surface area contributed by atoms with E-state index in [4.69, 9.17) is 4.74 Å². The smallest absolute Gasteiger partial charge is 0.334 e. The fraction of sp³-hybridized carbons (Fsp3) is 0.650. The molecule has 2 aliphatic heterocycles. The van der Waals surface area contributed by atoms with Gasteiger partial charge in [0.1, 0.15) is 5.60 Å². The van der Waals surface area contributed by atoms with Crippen LogP contribution in [-0.2, 0) is 9.53 Å². The SMILES string of the molecule is C/C1=C/C=C(C(C)C)CCC2=CCC[C@](C)(OC2=O)[C@H](O)CC1. The average Bonchev–Trinajstić information content (AvgIpc) is 2.62. The normalized spacial score (nSPS) is 32.5. The molecule has 0 saturated heterocycles. The Bertz CT molecular complexity index is 539. The summed E-state index contributed by atoms with van der Waals surface area (Å²) in [5, 5.41) is 10.6. The van der Waals surface area contributed by atoms with E-state index < -0.39 is 11.7 Å². The molecule has 0 aliphatic carbocycles. The Morgan fingerprint density at radius 1 is 1.26 bits per heavy atom. The molecule has 3 heteroatoms. The molecule has 0 aromatic heterocycles. The number of aliphatic hydroxyl groups excluding tert-OH is 1. The summed E-state index contributed by atoms with van der Waals surface area (Å²) in [5.74, 6) is 0.207. The van der Waals surface area contributed by atoms with Gasteiger partial charge in [0, 0.05) is 5.57 Å². The van der Waals surface area contributed by atoms with Crippen molar-refractivity contribution in [1.82, 2.24) is 0 Å². The van der Waals surface area contributed by atoms with E-state index in [1.165, 1.54) is 11.1 Å². The number of allylic oxidation sites excluding steroid dienone is 5. The van der Waals surface area contributed by atoms with Gasteiger partial charge in [0.25, 0.3) is 0 Å². The van der Waals surface area contributed by atoms with Crippen molar-refractivity contribution in [3.8, 4) is 0 Å². The van der Waals surface area contributed by atoms with Crippen molar-refractivity contribution in [2.24, 2.45) is 5.92 Å². The predicted octanol–water partition coefficient (Wildman–Crippen LogP) is 4.47. The minimum absolute atomic E-state index is 0.254. The lowest BCUT2D eigenvalue weighted by Gasteiger charge is -2.33. The number of ether oxygens (including phenoxy) is 1. The van der Waals surface area contributed by atoms with Crippen molar-refractivity contribution >= 4 is 5.97 Å². The molecule has 0 amide bonds. The second-order valence-corrected chi connectivity index (χ2v) is 7.43. The first-order chi connectivity index (χ1) is 10.8. The van der Waals surface area contributed by atoms with Gasteiger partial charge in [-0.3, -0.25) is 0 Å². The topological polar surface area (TPSA) is 46.5 Å². The molecule has 0 aromatic rings. The predicted molar refractivity (Wildman–Crippen MR) is 93.0 cm³/mol. The highest BCUT2D eigenvalue weighted by Crippen LogP contribution is 2.32. The number of carbonyl (C=O) groups is 1. The maximum Gasteiger partial charge on any atom is 0.334 e. The van der Waals surface area contributed by atoms with Crippen molar-refractivity contribution in [1.29, 1.82) is 0 Å². The molecule has 1 N–H and O–H groups in total. The Hall–Kier alpha value is -1.35. The van der Waals surface area contributed by atoms with E-state index in [0.29, 0.717) is 25.2 Å². The zero-order valence-corrected chi connectivity index (χ0v) is 14.9. The minimum atomic E-state index is -0.780. The highest BCUT2D eigenvalue weighted by atomic mass is 16.6. The molecule has 0 unspecified atom stereocenters. The van der Waals surface area contributed by atoms with Gasteiger partial charge in [-0.25, -0.2) is 4.79 Å². The maximum absolute atomic E-state index is 12.5. The second-order valence-electron chi connectivity index (χ2n) is 7.43. The molecule has 0 aromatic carbocycles. The third-order valence-electron chi connectivity index (χ3n) is 5.14. The van der Waals surface area contributed by atoms with Crippen LogP contribution in [0.4, 0.5) is 0 Å². The quantitative estimate of drug-likeness (QED) is 0.725. The van der Waals surface area contributed by atoms with E-state index in [1.54, 1.807) is 0 Å². The van der Waals surface area contributed by atoms with Crippen LogP contribution in [0.25, 0.3) is 0 Å². The Balaban J connectivity index is 2.32. The molecule has 0 radical (unpaired) electrons. The fourth-order valence-corrected chi connectivity index (χ4v) is 3.23. The molecule has 23 heavy (non-hydrogen) atoms. The van der Waals surface area contributed by atoms with Crippen molar-refractivity contribution in [3.05, 3.63) is 34.9 Å². The maximum atomic E-state index is 12.5. The van der Waals surface area contributed by atoms with Gasteiger partial charge in [-0.15, -0.1) is 0 Å². The van der Waals surface area contributed by atoms with E-state index in [-0.39, 0.29) is 5.97 Å². The van der Waals surface area contributed by atoms with Crippen molar-refractivity contribution in [2.45, 2.75) is 77.9 Å². The Morgan fingerprint density at radius 3 is 2.70 bits per heavy atom. The van der Waals surface area contributed by atoms with Crippen LogP contribution < -0.4 is 0 Å². The number of carbonyl (C=O) groups excluding carboxylic acids is 1. The average molecular weight is 318 g/mol. The zero-order chi connectivity index (χ0) is 17.0. The van der Waals surface area contributed by atoms with E-state index in [0.717, 1.165) is 24.8 Å². The summed E-state index contributed by atoms with van der Waals surface area (Å²) in [4.78, 5) is 12.5. The molecular weight excluding hydrogens is 288 g/mol. The van der Waals surface area contributed by atoms with Gasteiger partial charge in [0.05, 0.1) is 6.10 Å². The molecule has 2 atom stereocenters. The number of rotatable bonds is 1. The fourth-order valence-electron chi connectivity index (χ4n) is 3.23. The van der Waals surface area contributed by atoms with Gasteiger partial charge in [-0.2, -0.15) is 0 Å². The van der Waals surface area contributed by atoms with Crippen LogP contribution in [0.2, 0.25) is 0 Å². The summed E-state index contributed by atoms with van der Waals surface area (Å²) >= 11 is 0. The minimum Gasteiger partial charge on any atom is -0.453 e. The largest absolute Gasteiger partial charge is 0.453 e. The third-order valence-corrected chi connectivity index (χ3v) is 5.14. The lowest BCUT2D eigenvalue weighted by Crippen LogP contribution is -2.43. The van der Waals surface area contributed by atoms with Crippen LogP contribution in [0.15, 0.2) is 34.9 Å². The summed E-state index contributed by atoms with van der Waals surface area (Å²) in [6.45, 7) is 8.34. The first-order valence-corrected chi connectivity index (χ1v) is 8.78. The van der Waals surface area contributed by atoms with Gasteiger partial charge < -0.3 is 9.84 Å². The second kappa shape index (κ2) is 7.48. The number of aliphatic hydroxyl groups is 1. The van der Waals surface area contributed by atoms with Gasteiger partial charge in [-0.1, -0.05) is 43.2 Å². The molecule has 0 fully saturated rings. The van der Waals surface area contributed by atoms with Crippen LogP contribution in [-0.4, -0.2) is 22.8 Å². The summed E-state index contributed by atoms with van der Waals surface area (Å²) in [6.07, 6.45) is 10.2. The number of fused-ring (bicyclic) bond motifs is 3. The van der Waals surface area contributed by atoms with E-state index >= 15 is 0 Å². The highest BCUT2D eigenvalue weighted by Gasteiger charge is 2.38. The Kier molecular flexibility index (Phi) is 5.85. The standard InChI is InChI=1S/C20H30O3/c1-14(2)16-9-7-15(3)8-12-18(21)20(4)13-5-6-17(11-10-16)19(22)23-20/h6-7,9,14,18,21H,5,8,10-13H2,1-4H3/b15-7-,16-9?/t18-,20+/m1/s1. The van der Waals surface area contributed by atoms with Crippen molar-refractivity contribution in [2.75, 3.05) is 0 Å². The Morgan fingerprint density at radius 2 is 2.00 bits per heavy atom. The summed E-state index contributed by atoms with van der Waals surface area (Å²) in [7, 11) is 0. The molecule has 128 valence electrons. The van der Waals surface area contributed by atoms with Crippen LogP contribution in [0.3, 0.4) is 0 Å². The van der Waals surface area contributed by atoms with E-state index in [9.17, 15) is 9.90 Å². The third kappa shape index (κ3) is 4.57. The van der Waals surface area contributed by atoms with Crippen LogP contribution >= 0.6 is 0 Å². The monoisotopic (exact) mass is 318 g/mol. The lowest BCUT2D eigenvalue weighted by molar-refractivity contribution is -0.166. The zero-order valence-electron chi connectivity index (χ0n) is 14.9. The highest BCUT2D eigenvalue weighted by molar-refractivity contribution is 5.89. The molecule has 2 heterocycles. The van der Waals surface area contributed by atoms with Crippen molar-refractivity contribution < 1.29 is 14.6 Å². The van der Waals surface area contributed by atoms with Crippen LogP contribution in [0, 0.1) is 5.92 Å². The molecular formula is C20H30O3. The number of hydrogen-bond donors (Lipinski definition) is 1. The van der Waals surface area contributed by atoms with Gasteiger partial charge in [0.15, 0.2) is 0 Å². The summed E-state index contributed by atoms with van der Waals surface area (Å²) in [6, 6.07) is 0. The van der Waals surface area contributed by atoms with Gasteiger partial charge in [0.2, 0.25) is 0 Å². The van der Waals surface area contributed by atoms with Crippen LogP contribution in [0.5, 0.6) is 0 Å². The van der Waals surface area contributed by atoms with Gasteiger partial charge >= 0.3 is 5.97 Å². The van der Waals surface area contributed by atoms with E-state index in [2.05, 4.69) is 32.9 Å². The lowest BCUT2D eigenvalue weighted by atomic mass is 9.89. The molecule has 2 bridgehead atoms. The first-order valence-electron chi connectivity index (χ1n) is 8.78. The molecule has 0 saturated carbocycles. The first kappa shape index (κ1) is 18.0. The molecule has 3 nitrogen and oxygen atoms in total. The summed E-state index contributed by atoms with van der Waals surface area (Å²) < 4.78 is 5.72.